The zero-order valence-corrected chi connectivity index (χ0v) is 12.2. The van der Waals surface area contributed by atoms with Crippen molar-refractivity contribution in [1.29, 1.82) is 0 Å². The molecule has 2 amide bonds. The molecule has 1 aromatic heterocycles. The molecule has 3 atom stereocenters. The summed E-state index contributed by atoms with van der Waals surface area (Å²) in [6.45, 7) is 1.63. The number of carbonyl (C=O) groups is 3. The smallest absolute Gasteiger partial charge is 0.235 e. The number of aromatic nitrogens is 1. The minimum atomic E-state index is -0.363. The highest BCUT2D eigenvalue weighted by atomic mass is 16.2. The van der Waals surface area contributed by atoms with Gasteiger partial charge in [0.2, 0.25) is 11.8 Å². The van der Waals surface area contributed by atoms with Gasteiger partial charge in [-0.1, -0.05) is 6.07 Å². The second-order valence-electron chi connectivity index (χ2n) is 5.92. The van der Waals surface area contributed by atoms with E-state index in [0.717, 1.165) is 31.4 Å². The first kappa shape index (κ1) is 14.8. The van der Waals surface area contributed by atoms with Crippen molar-refractivity contribution in [3.63, 3.8) is 0 Å². The summed E-state index contributed by atoms with van der Waals surface area (Å²) < 4.78 is 0. The average Bonchev–Trinajstić information content (AvgIpc) is 2.55. The number of carbonyl (C=O) groups excluding carboxylic acids is 3. The van der Waals surface area contributed by atoms with Crippen LogP contribution in [0.1, 0.15) is 42.4 Å². The number of imide groups is 1. The summed E-state index contributed by atoms with van der Waals surface area (Å²) in [6, 6.07) is 3.78. The van der Waals surface area contributed by atoms with Gasteiger partial charge in [-0.2, -0.15) is 0 Å². The summed E-state index contributed by atoms with van der Waals surface area (Å²) in [6.07, 6.45) is 4.47. The Hall–Kier alpha value is -2.08. The third-order valence-corrected chi connectivity index (χ3v) is 4.54. The maximum Gasteiger partial charge on any atom is 0.235 e. The lowest BCUT2D eigenvalue weighted by Gasteiger charge is -2.29. The Kier molecular flexibility index (Phi) is 4.29. The standard InChI is InChI=1S/C16H19N3O3/c20-9-11-5-6-17-8-13(11)10-1-3-14(18-7-10)12-2-4-15(21)19-16(12)22/h1,3,7,9,11-13,17H,2,4-6,8H2,(H,19,21,22). The second kappa shape index (κ2) is 6.36. The predicted octanol–water partition coefficient (Wildman–Crippen LogP) is 0.494. The molecule has 2 aliphatic heterocycles. The Balaban J connectivity index is 1.76. The second-order valence-corrected chi connectivity index (χ2v) is 5.92. The van der Waals surface area contributed by atoms with Gasteiger partial charge in [-0.15, -0.1) is 0 Å². The highest BCUT2D eigenvalue weighted by Gasteiger charge is 2.30. The number of piperidine rings is 2. The zero-order chi connectivity index (χ0) is 15.5. The van der Waals surface area contributed by atoms with Crippen molar-refractivity contribution >= 4 is 18.1 Å². The van der Waals surface area contributed by atoms with Gasteiger partial charge >= 0.3 is 0 Å². The molecule has 0 saturated carbocycles. The zero-order valence-electron chi connectivity index (χ0n) is 12.2. The van der Waals surface area contributed by atoms with Crippen molar-refractivity contribution in [3.8, 4) is 0 Å². The van der Waals surface area contributed by atoms with E-state index in [1.165, 1.54) is 0 Å². The molecule has 6 nitrogen and oxygen atoms in total. The van der Waals surface area contributed by atoms with Gasteiger partial charge in [0, 0.05) is 31.0 Å². The summed E-state index contributed by atoms with van der Waals surface area (Å²) in [5.74, 6) is -0.710. The lowest BCUT2D eigenvalue weighted by Crippen LogP contribution is -2.39. The molecule has 22 heavy (non-hydrogen) atoms. The Bertz CT molecular complexity index is 585. The minimum absolute atomic E-state index is 0.0181. The van der Waals surface area contributed by atoms with E-state index in [1.807, 2.05) is 12.1 Å². The Morgan fingerprint density at radius 1 is 1.23 bits per heavy atom. The summed E-state index contributed by atoms with van der Waals surface area (Å²) in [7, 11) is 0. The molecule has 0 radical (unpaired) electrons. The molecule has 1 aromatic rings. The van der Waals surface area contributed by atoms with Gasteiger partial charge in [-0.05, 0) is 31.0 Å². The molecule has 0 aliphatic carbocycles. The summed E-state index contributed by atoms with van der Waals surface area (Å²) in [5, 5.41) is 5.65. The van der Waals surface area contributed by atoms with Crippen LogP contribution in [0.3, 0.4) is 0 Å². The molecule has 0 bridgehead atoms. The molecule has 2 saturated heterocycles. The maximum atomic E-state index is 11.9. The van der Waals surface area contributed by atoms with Crippen molar-refractivity contribution in [2.75, 3.05) is 13.1 Å². The number of aldehydes is 1. The van der Waals surface area contributed by atoms with E-state index in [0.29, 0.717) is 18.5 Å². The van der Waals surface area contributed by atoms with Crippen molar-refractivity contribution in [1.82, 2.24) is 15.6 Å². The maximum absolute atomic E-state index is 11.9. The van der Waals surface area contributed by atoms with E-state index >= 15 is 0 Å². The monoisotopic (exact) mass is 301 g/mol. The highest BCUT2D eigenvalue weighted by molar-refractivity contribution is 6.00. The minimum Gasteiger partial charge on any atom is -0.316 e. The average molecular weight is 301 g/mol. The van der Waals surface area contributed by atoms with Crippen LogP contribution in [0, 0.1) is 5.92 Å². The van der Waals surface area contributed by atoms with Crippen LogP contribution in [0.5, 0.6) is 0 Å². The lowest BCUT2D eigenvalue weighted by molar-refractivity contribution is -0.134. The van der Waals surface area contributed by atoms with Gasteiger partial charge in [-0.25, -0.2) is 0 Å². The number of hydrogen-bond acceptors (Lipinski definition) is 5. The first-order chi connectivity index (χ1) is 10.7. The number of hydrogen-bond donors (Lipinski definition) is 2. The molecular weight excluding hydrogens is 282 g/mol. The lowest BCUT2D eigenvalue weighted by atomic mass is 9.83. The fraction of sp³-hybridized carbons (Fsp3) is 0.500. The van der Waals surface area contributed by atoms with Gasteiger partial charge in [0.25, 0.3) is 0 Å². The van der Waals surface area contributed by atoms with Crippen molar-refractivity contribution in [3.05, 3.63) is 29.6 Å². The molecule has 2 fully saturated rings. The first-order valence-corrected chi connectivity index (χ1v) is 7.64. The van der Waals surface area contributed by atoms with Gasteiger partial charge in [0.05, 0.1) is 11.6 Å². The molecule has 3 heterocycles. The number of nitrogens with one attached hydrogen (secondary N) is 2. The van der Waals surface area contributed by atoms with Gasteiger partial charge in [0.1, 0.15) is 6.29 Å². The van der Waals surface area contributed by atoms with Crippen LogP contribution in [0.4, 0.5) is 0 Å². The predicted molar refractivity (Wildman–Crippen MR) is 79.1 cm³/mol. The number of rotatable bonds is 3. The molecule has 3 unspecified atom stereocenters. The normalized spacial score (nSPS) is 29.0. The molecular formula is C16H19N3O3. The Labute approximate surface area is 128 Å². The molecule has 2 aliphatic rings. The third kappa shape index (κ3) is 2.92. The van der Waals surface area contributed by atoms with Crippen LogP contribution in [0.15, 0.2) is 18.3 Å². The van der Waals surface area contributed by atoms with Crippen LogP contribution >= 0.6 is 0 Å². The molecule has 0 aromatic carbocycles. The Morgan fingerprint density at radius 2 is 2.09 bits per heavy atom. The van der Waals surface area contributed by atoms with E-state index in [-0.39, 0.29) is 29.6 Å². The highest BCUT2D eigenvalue weighted by Crippen LogP contribution is 2.29. The first-order valence-electron chi connectivity index (χ1n) is 7.64. The van der Waals surface area contributed by atoms with E-state index in [2.05, 4.69) is 15.6 Å². The van der Waals surface area contributed by atoms with Crippen LogP contribution in [0.25, 0.3) is 0 Å². The Morgan fingerprint density at radius 3 is 2.77 bits per heavy atom. The van der Waals surface area contributed by atoms with E-state index in [1.54, 1.807) is 6.20 Å². The SMILES string of the molecule is O=CC1CCNCC1c1ccc(C2CCC(=O)NC2=O)nc1. The van der Waals surface area contributed by atoms with Crippen LogP contribution in [0.2, 0.25) is 0 Å². The van der Waals surface area contributed by atoms with Crippen LogP contribution in [-0.2, 0) is 14.4 Å². The van der Waals surface area contributed by atoms with Crippen molar-refractivity contribution < 1.29 is 14.4 Å². The van der Waals surface area contributed by atoms with Crippen LogP contribution in [-0.4, -0.2) is 36.2 Å². The summed E-state index contributed by atoms with van der Waals surface area (Å²) in [4.78, 5) is 38.7. The number of nitrogens with zero attached hydrogens (tertiary/aromatic N) is 1. The van der Waals surface area contributed by atoms with Crippen molar-refractivity contribution in [2.24, 2.45) is 5.92 Å². The molecule has 3 rings (SSSR count). The number of pyridine rings is 1. The van der Waals surface area contributed by atoms with E-state index in [9.17, 15) is 14.4 Å². The fourth-order valence-corrected chi connectivity index (χ4v) is 3.22. The van der Waals surface area contributed by atoms with Crippen molar-refractivity contribution in [2.45, 2.75) is 31.1 Å². The number of amides is 2. The topological polar surface area (TPSA) is 88.2 Å². The quantitative estimate of drug-likeness (QED) is 0.627. The summed E-state index contributed by atoms with van der Waals surface area (Å²) in [5.41, 5.74) is 1.69. The molecule has 0 spiro atoms. The third-order valence-electron chi connectivity index (χ3n) is 4.54. The van der Waals surface area contributed by atoms with E-state index in [4.69, 9.17) is 0 Å². The van der Waals surface area contributed by atoms with Crippen LogP contribution < -0.4 is 10.6 Å². The van der Waals surface area contributed by atoms with Gasteiger partial charge in [0.15, 0.2) is 0 Å². The van der Waals surface area contributed by atoms with Gasteiger partial charge in [-0.3, -0.25) is 19.9 Å². The summed E-state index contributed by atoms with van der Waals surface area (Å²) >= 11 is 0. The fourth-order valence-electron chi connectivity index (χ4n) is 3.22. The molecule has 6 heteroatoms. The molecule has 116 valence electrons. The largest absolute Gasteiger partial charge is 0.316 e. The van der Waals surface area contributed by atoms with E-state index < -0.39 is 0 Å². The van der Waals surface area contributed by atoms with Gasteiger partial charge < -0.3 is 10.1 Å². The molecule has 2 N–H and O–H groups in total.